The van der Waals surface area contributed by atoms with Crippen LogP contribution in [0.5, 0.6) is 0 Å². The molecule has 4 nitrogen and oxygen atoms in total. The summed E-state index contributed by atoms with van der Waals surface area (Å²) >= 11 is 0. The number of benzene rings is 2. The van der Waals surface area contributed by atoms with Gasteiger partial charge in [-0.05, 0) is 31.0 Å². The topological polar surface area (TPSA) is 66.3 Å². The van der Waals surface area contributed by atoms with Gasteiger partial charge in [-0.3, -0.25) is 10.6 Å². The summed E-state index contributed by atoms with van der Waals surface area (Å²) in [5.74, 6) is -0.330. The van der Waals surface area contributed by atoms with Gasteiger partial charge < -0.3 is 0 Å². The molecule has 0 fully saturated rings. The highest BCUT2D eigenvalue weighted by Gasteiger charge is 2.21. The van der Waals surface area contributed by atoms with Crippen LogP contribution in [0.25, 0.3) is 0 Å². The second kappa shape index (κ2) is 7.41. The van der Waals surface area contributed by atoms with Gasteiger partial charge >= 0.3 is 11.8 Å². The number of carbonyl (C=O) groups excluding carboxylic acids is 1. The van der Waals surface area contributed by atoms with E-state index in [0.29, 0.717) is 12.3 Å². The number of hydrogen-bond donors (Lipinski definition) is 2. The second-order valence-electron chi connectivity index (χ2n) is 5.18. The average molecular weight is 297 g/mol. The highest BCUT2D eigenvalue weighted by atomic mass is 16.7. The van der Waals surface area contributed by atoms with E-state index < -0.39 is 0 Å². The Labute approximate surface area is 130 Å². The van der Waals surface area contributed by atoms with Crippen molar-refractivity contribution in [3.05, 3.63) is 71.3 Å². The van der Waals surface area contributed by atoms with Crippen molar-refractivity contribution >= 4 is 11.8 Å². The van der Waals surface area contributed by atoms with Crippen molar-refractivity contribution < 1.29 is 14.8 Å². The third-order valence-electron chi connectivity index (χ3n) is 3.49. The summed E-state index contributed by atoms with van der Waals surface area (Å²) in [6, 6.07) is 17.2. The molecule has 2 aromatic carbocycles. The summed E-state index contributed by atoms with van der Waals surface area (Å²) in [7, 11) is 0. The molecular weight excluding hydrogens is 276 g/mol. The molecule has 1 atom stereocenters. The Morgan fingerprint density at radius 1 is 1.18 bits per heavy atom. The highest BCUT2D eigenvalue weighted by molar-refractivity contribution is 5.93. The zero-order valence-electron chi connectivity index (χ0n) is 12.9. The van der Waals surface area contributed by atoms with Crippen LogP contribution in [0.4, 0.5) is 0 Å². The van der Waals surface area contributed by atoms with Gasteiger partial charge in [-0.15, -0.1) is 0 Å². The van der Waals surface area contributed by atoms with Crippen LogP contribution in [-0.4, -0.2) is 11.8 Å². The van der Waals surface area contributed by atoms with Gasteiger partial charge in [0.1, 0.15) is 0 Å². The summed E-state index contributed by atoms with van der Waals surface area (Å²) in [5.41, 5.74) is 8.74. The minimum absolute atomic E-state index is 0.306. The first-order valence-corrected chi connectivity index (χ1v) is 7.33. The molecular formula is C18H21N2O2+. The van der Waals surface area contributed by atoms with Crippen LogP contribution < -0.4 is 10.9 Å². The second-order valence-corrected chi connectivity index (χ2v) is 5.18. The lowest BCUT2D eigenvalue weighted by atomic mass is 9.97. The van der Waals surface area contributed by atoms with Crippen LogP contribution in [0.15, 0.2) is 54.6 Å². The minimum atomic E-state index is -0.343. The number of nitrogens with one attached hydrogen (secondary N) is 1. The van der Waals surface area contributed by atoms with Crippen molar-refractivity contribution in [2.24, 2.45) is 5.73 Å². The molecule has 0 bridgehead atoms. The SMILES string of the molecule is CC[C@H](C(=O)O[NH+]=C(N)c1cccc(C)c1)c1ccccc1. The number of nitrogens with two attached hydrogens (primary N) is 1. The monoisotopic (exact) mass is 297 g/mol. The molecule has 0 amide bonds. The van der Waals surface area contributed by atoms with Crippen LogP contribution in [0.3, 0.4) is 0 Å². The minimum Gasteiger partial charge on any atom is -0.284 e. The Balaban J connectivity index is 2.09. The number of carbonyl (C=O) groups is 1. The highest BCUT2D eigenvalue weighted by Crippen LogP contribution is 2.19. The lowest BCUT2D eigenvalue weighted by Crippen LogP contribution is -2.76. The van der Waals surface area contributed by atoms with Gasteiger partial charge in [-0.1, -0.05) is 60.1 Å². The van der Waals surface area contributed by atoms with E-state index in [0.717, 1.165) is 16.7 Å². The van der Waals surface area contributed by atoms with E-state index in [-0.39, 0.29) is 11.9 Å². The van der Waals surface area contributed by atoms with Crippen LogP contribution in [0.2, 0.25) is 0 Å². The van der Waals surface area contributed by atoms with Crippen molar-refractivity contribution in [3.63, 3.8) is 0 Å². The van der Waals surface area contributed by atoms with Crippen LogP contribution >= 0.6 is 0 Å². The third-order valence-corrected chi connectivity index (χ3v) is 3.49. The third kappa shape index (κ3) is 3.95. The molecule has 0 radical (unpaired) electrons. The molecule has 114 valence electrons. The Bertz CT molecular complexity index is 666. The maximum absolute atomic E-state index is 12.2. The number of hydrogen-bond acceptors (Lipinski definition) is 2. The maximum Gasteiger partial charge on any atom is 0.364 e. The molecule has 0 heterocycles. The molecule has 0 aliphatic heterocycles. The van der Waals surface area contributed by atoms with Crippen molar-refractivity contribution in [2.75, 3.05) is 0 Å². The zero-order chi connectivity index (χ0) is 15.9. The molecule has 0 spiro atoms. The number of amidine groups is 1. The maximum atomic E-state index is 12.2. The summed E-state index contributed by atoms with van der Waals surface area (Å²) in [5, 5.41) is 2.56. The Hall–Kier alpha value is -2.62. The quantitative estimate of drug-likeness (QED) is 0.380. The predicted molar refractivity (Wildman–Crippen MR) is 86.0 cm³/mol. The molecule has 4 heteroatoms. The van der Waals surface area contributed by atoms with Crippen LogP contribution in [-0.2, 0) is 9.63 Å². The predicted octanol–water partition coefficient (Wildman–Crippen LogP) is 1.43. The fourth-order valence-electron chi connectivity index (χ4n) is 2.27. The van der Waals surface area contributed by atoms with E-state index in [9.17, 15) is 4.79 Å². The van der Waals surface area contributed by atoms with E-state index in [1.165, 1.54) is 0 Å². The molecule has 2 rings (SSSR count). The van der Waals surface area contributed by atoms with Gasteiger partial charge in [0.15, 0.2) is 0 Å². The van der Waals surface area contributed by atoms with E-state index in [2.05, 4.69) is 5.16 Å². The molecule has 22 heavy (non-hydrogen) atoms. The van der Waals surface area contributed by atoms with E-state index in [4.69, 9.17) is 10.6 Å². The van der Waals surface area contributed by atoms with E-state index >= 15 is 0 Å². The summed E-state index contributed by atoms with van der Waals surface area (Å²) in [6.45, 7) is 3.93. The number of aryl methyl sites for hydroxylation is 1. The van der Waals surface area contributed by atoms with Crippen LogP contribution in [0.1, 0.15) is 36.0 Å². The molecule has 0 aliphatic rings. The molecule has 0 saturated heterocycles. The Morgan fingerprint density at radius 2 is 1.91 bits per heavy atom. The fraction of sp³-hybridized carbons (Fsp3) is 0.222. The molecule has 0 aliphatic carbocycles. The summed E-state index contributed by atoms with van der Waals surface area (Å²) in [6.07, 6.45) is 0.662. The zero-order valence-corrected chi connectivity index (χ0v) is 12.9. The van der Waals surface area contributed by atoms with Crippen molar-refractivity contribution in [1.29, 1.82) is 0 Å². The van der Waals surface area contributed by atoms with Gasteiger partial charge in [-0.2, -0.15) is 0 Å². The Morgan fingerprint density at radius 3 is 2.55 bits per heavy atom. The van der Waals surface area contributed by atoms with Gasteiger partial charge in [0.2, 0.25) is 0 Å². The van der Waals surface area contributed by atoms with Gasteiger partial charge in [0.25, 0.3) is 0 Å². The van der Waals surface area contributed by atoms with Crippen molar-refractivity contribution in [1.82, 2.24) is 0 Å². The van der Waals surface area contributed by atoms with Gasteiger partial charge in [-0.25, -0.2) is 4.79 Å². The average Bonchev–Trinajstić information content (AvgIpc) is 2.54. The van der Waals surface area contributed by atoms with E-state index in [1.54, 1.807) is 0 Å². The first-order valence-electron chi connectivity index (χ1n) is 7.33. The fourth-order valence-corrected chi connectivity index (χ4v) is 2.27. The van der Waals surface area contributed by atoms with Gasteiger partial charge in [0.05, 0.1) is 11.5 Å². The lowest BCUT2D eigenvalue weighted by Gasteiger charge is -2.10. The summed E-state index contributed by atoms with van der Waals surface area (Å²) in [4.78, 5) is 17.4. The molecule has 0 unspecified atom stereocenters. The smallest absolute Gasteiger partial charge is 0.284 e. The largest absolute Gasteiger partial charge is 0.364 e. The number of nitrogen functional groups attached to an aromatic ring is 1. The molecule has 2 aromatic rings. The molecule has 0 aromatic heterocycles. The van der Waals surface area contributed by atoms with E-state index in [1.807, 2.05) is 68.4 Å². The van der Waals surface area contributed by atoms with Crippen LogP contribution in [0, 0.1) is 6.92 Å². The first kappa shape index (κ1) is 15.8. The summed E-state index contributed by atoms with van der Waals surface area (Å²) < 4.78 is 0. The van der Waals surface area contributed by atoms with Gasteiger partial charge in [0, 0.05) is 0 Å². The number of rotatable bonds is 5. The normalized spacial score (nSPS) is 12.7. The molecule has 0 saturated carbocycles. The molecule has 3 N–H and O–H groups in total. The first-order chi connectivity index (χ1) is 10.6. The lowest BCUT2D eigenvalue weighted by molar-refractivity contribution is -0.724. The Kier molecular flexibility index (Phi) is 5.31. The van der Waals surface area contributed by atoms with Crippen molar-refractivity contribution in [3.8, 4) is 0 Å². The standard InChI is InChI=1S/C18H20N2O2/c1-3-16(14-9-5-4-6-10-14)18(21)22-20-17(19)15-11-7-8-13(2)12-15/h4-12,16H,3H2,1-2H3,(H2,19,20)/p+1/t16-/m0/s1. The van der Waals surface area contributed by atoms with Crippen molar-refractivity contribution in [2.45, 2.75) is 26.2 Å².